The van der Waals surface area contributed by atoms with Crippen LogP contribution in [0, 0.1) is 22.2 Å². The summed E-state index contributed by atoms with van der Waals surface area (Å²) in [7, 11) is 0. The van der Waals surface area contributed by atoms with E-state index in [0.29, 0.717) is 31.6 Å². The number of piperazine rings is 1. The fraction of sp³-hybridized carbons (Fsp3) is 0.900. The highest BCUT2D eigenvalue weighted by atomic mass is 16.2. The van der Waals surface area contributed by atoms with Crippen molar-refractivity contribution in [2.45, 2.75) is 66.8 Å². The fourth-order valence-electron chi connectivity index (χ4n) is 5.25. The van der Waals surface area contributed by atoms with Crippen LogP contribution in [0.5, 0.6) is 0 Å². The molecule has 3 atom stereocenters. The Bertz CT molecular complexity index is 558. The van der Waals surface area contributed by atoms with Crippen LogP contribution in [0.2, 0.25) is 0 Å². The third kappa shape index (κ3) is 2.93. The first-order valence-electron chi connectivity index (χ1n) is 9.81. The second-order valence-corrected chi connectivity index (χ2v) is 10.1. The SMILES string of the molecule is CC(C)(C)C(=O)N1CCN(C(=O)NC2CC3CCC2(C)C3(C)C)CC1. The molecule has 1 saturated heterocycles. The lowest BCUT2D eigenvalue weighted by atomic mass is 9.69. The normalized spacial score (nSPS) is 34.3. The highest BCUT2D eigenvalue weighted by Gasteiger charge is 2.61. The number of rotatable bonds is 1. The second-order valence-electron chi connectivity index (χ2n) is 10.1. The number of carbonyl (C=O) groups excluding carboxylic acids is 2. The lowest BCUT2D eigenvalue weighted by Gasteiger charge is -2.41. The Labute approximate surface area is 152 Å². The van der Waals surface area contributed by atoms with Crippen molar-refractivity contribution in [1.29, 1.82) is 0 Å². The van der Waals surface area contributed by atoms with Gasteiger partial charge in [-0.25, -0.2) is 4.79 Å². The number of urea groups is 1. The number of hydrogen-bond acceptors (Lipinski definition) is 2. The molecule has 1 heterocycles. The highest BCUT2D eigenvalue weighted by Crippen LogP contribution is 2.65. The molecule has 1 aliphatic heterocycles. The molecule has 5 nitrogen and oxygen atoms in total. The summed E-state index contributed by atoms with van der Waals surface area (Å²) in [6, 6.07) is 0.334. The third-order valence-corrected chi connectivity index (χ3v) is 7.59. The molecule has 3 fully saturated rings. The van der Waals surface area contributed by atoms with Crippen molar-refractivity contribution < 1.29 is 9.59 Å². The molecule has 2 aliphatic carbocycles. The first-order chi connectivity index (χ1) is 11.5. The molecular formula is C20H35N3O2. The first kappa shape index (κ1) is 18.5. The molecular weight excluding hydrogens is 314 g/mol. The predicted molar refractivity (Wildman–Crippen MR) is 99.2 cm³/mol. The minimum Gasteiger partial charge on any atom is -0.339 e. The van der Waals surface area contributed by atoms with E-state index >= 15 is 0 Å². The van der Waals surface area contributed by atoms with Gasteiger partial charge in [0.25, 0.3) is 0 Å². The molecule has 0 aromatic carbocycles. The molecule has 0 radical (unpaired) electrons. The van der Waals surface area contributed by atoms with E-state index in [2.05, 4.69) is 26.1 Å². The molecule has 3 aliphatic rings. The van der Waals surface area contributed by atoms with Gasteiger partial charge in [-0.1, -0.05) is 41.5 Å². The standard InChI is InChI=1S/C20H35N3O2/c1-18(2,3)16(24)22-9-11-23(12-10-22)17(25)21-15-13-14-7-8-20(15,6)19(14,4)5/h14-15H,7-13H2,1-6H3,(H,21,25). The number of carbonyl (C=O) groups is 2. The van der Waals surface area contributed by atoms with Crippen molar-refractivity contribution in [3.63, 3.8) is 0 Å². The maximum atomic E-state index is 12.8. The van der Waals surface area contributed by atoms with Crippen molar-refractivity contribution in [1.82, 2.24) is 15.1 Å². The molecule has 3 unspecified atom stereocenters. The summed E-state index contributed by atoms with van der Waals surface area (Å²) in [5, 5.41) is 3.33. The molecule has 1 N–H and O–H groups in total. The average molecular weight is 350 g/mol. The van der Waals surface area contributed by atoms with Crippen LogP contribution in [0.4, 0.5) is 4.79 Å². The van der Waals surface area contributed by atoms with Gasteiger partial charge >= 0.3 is 6.03 Å². The van der Waals surface area contributed by atoms with E-state index in [4.69, 9.17) is 0 Å². The van der Waals surface area contributed by atoms with Gasteiger partial charge in [0.05, 0.1) is 0 Å². The summed E-state index contributed by atoms with van der Waals surface area (Å²) < 4.78 is 0. The van der Waals surface area contributed by atoms with E-state index in [9.17, 15) is 9.59 Å². The lowest BCUT2D eigenvalue weighted by Crippen LogP contribution is -2.57. The second kappa shape index (κ2) is 5.88. The van der Waals surface area contributed by atoms with Crippen LogP contribution in [0.1, 0.15) is 60.8 Å². The number of hydrogen-bond donors (Lipinski definition) is 1. The molecule has 142 valence electrons. The molecule has 5 heteroatoms. The summed E-state index contributed by atoms with van der Waals surface area (Å²) in [4.78, 5) is 28.9. The number of nitrogens with one attached hydrogen (secondary N) is 1. The Kier molecular flexibility index (Phi) is 4.36. The van der Waals surface area contributed by atoms with Crippen LogP contribution in [0.25, 0.3) is 0 Å². The van der Waals surface area contributed by atoms with Gasteiger partial charge in [0.1, 0.15) is 0 Å². The quantitative estimate of drug-likeness (QED) is 0.791. The van der Waals surface area contributed by atoms with Crippen LogP contribution >= 0.6 is 0 Å². The van der Waals surface area contributed by atoms with Crippen LogP contribution in [0.3, 0.4) is 0 Å². The van der Waals surface area contributed by atoms with E-state index in [1.807, 2.05) is 30.6 Å². The highest BCUT2D eigenvalue weighted by molar-refractivity contribution is 5.82. The topological polar surface area (TPSA) is 52.7 Å². The maximum absolute atomic E-state index is 12.8. The minimum atomic E-state index is -0.353. The summed E-state index contributed by atoms with van der Waals surface area (Å²) in [5.41, 5.74) is 0.161. The van der Waals surface area contributed by atoms with E-state index in [1.165, 1.54) is 12.8 Å². The molecule has 0 aromatic heterocycles. The summed E-state index contributed by atoms with van der Waals surface area (Å²) in [5.74, 6) is 0.902. The number of amides is 3. The summed E-state index contributed by atoms with van der Waals surface area (Å²) in [6.07, 6.45) is 3.62. The predicted octanol–water partition coefficient (Wildman–Crippen LogP) is 3.10. The largest absolute Gasteiger partial charge is 0.339 e. The van der Waals surface area contributed by atoms with Crippen LogP contribution < -0.4 is 5.32 Å². The van der Waals surface area contributed by atoms with E-state index < -0.39 is 0 Å². The van der Waals surface area contributed by atoms with Gasteiger partial charge in [-0.15, -0.1) is 0 Å². The minimum absolute atomic E-state index is 0.0532. The van der Waals surface area contributed by atoms with Gasteiger partial charge in [0.15, 0.2) is 0 Å². The van der Waals surface area contributed by atoms with Gasteiger partial charge in [0.2, 0.25) is 5.91 Å². The first-order valence-corrected chi connectivity index (χ1v) is 9.81. The van der Waals surface area contributed by atoms with E-state index in [-0.39, 0.29) is 28.8 Å². The Hall–Kier alpha value is -1.26. The number of nitrogens with zero attached hydrogens (tertiary/aromatic N) is 2. The molecule has 3 rings (SSSR count). The maximum Gasteiger partial charge on any atom is 0.317 e. The van der Waals surface area contributed by atoms with E-state index in [1.54, 1.807) is 0 Å². The number of fused-ring (bicyclic) bond motifs is 2. The van der Waals surface area contributed by atoms with Crippen molar-refractivity contribution >= 4 is 11.9 Å². The van der Waals surface area contributed by atoms with Crippen LogP contribution in [-0.4, -0.2) is 54.0 Å². The van der Waals surface area contributed by atoms with Gasteiger partial charge in [-0.3, -0.25) is 4.79 Å². The van der Waals surface area contributed by atoms with Crippen molar-refractivity contribution in [2.24, 2.45) is 22.2 Å². The van der Waals surface area contributed by atoms with Gasteiger partial charge < -0.3 is 15.1 Å². The van der Waals surface area contributed by atoms with Gasteiger partial charge in [-0.2, -0.15) is 0 Å². The molecule has 2 bridgehead atoms. The molecule has 0 spiro atoms. The zero-order chi connectivity index (χ0) is 18.6. The Morgan fingerprint density at radius 1 is 1.00 bits per heavy atom. The Morgan fingerprint density at radius 3 is 2.00 bits per heavy atom. The molecule has 25 heavy (non-hydrogen) atoms. The fourth-order valence-corrected chi connectivity index (χ4v) is 5.25. The van der Waals surface area contributed by atoms with Crippen molar-refractivity contribution in [3.05, 3.63) is 0 Å². The zero-order valence-corrected chi connectivity index (χ0v) is 16.8. The Morgan fingerprint density at radius 2 is 1.56 bits per heavy atom. The van der Waals surface area contributed by atoms with Gasteiger partial charge in [-0.05, 0) is 36.0 Å². The third-order valence-electron chi connectivity index (χ3n) is 7.59. The average Bonchev–Trinajstić information content (AvgIpc) is 2.87. The van der Waals surface area contributed by atoms with Crippen LogP contribution in [-0.2, 0) is 4.79 Å². The lowest BCUT2D eigenvalue weighted by molar-refractivity contribution is -0.140. The molecule has 3 amide bonds. The van der Waals surface area contributed by atoms with Gasteiger partial charge in [0, 0.05) is 37.6 Å². The molecule has 2 saturated carbocycles. The summed E-state index contributed by atoms with van der Waals surface area (Å²) in [6.45, 7) is 15.5. The van der Waals surface area contributed by atoms with E-state index in [0.717, 1.165) is 12.3 Å². The van der Waals surface area contributed by atoms with Crippen molar-refractivity contribution in [3.8, 4) is 0 Å². The summed E-state index contributed by atoms with van der Waals surface area (Å²) >= 11 is 0. The zero-order valence-electron chi connectivity index (χ0n) is 16.8. The molecule has 0 aromatic rings. The van der Waals surface area contributed by atoms with Crippen LogP contribution in [0.15, 0.2) is 0 Å². The monoisotopic (exact) mass is 349 g/mol. The Balaban J connectivity index is 1.55. The van der Waals surface area contributed by atoms with Crippen molar-refractivity contribution in [2.75, 3.05) is 26.2 Å². The smallest absolute Gasteiger partial charge is 0.317 e.